The van der Waals surface area contributed by atoms with Crippen LogP contribution in [0.3, 0.4) is 0 Å². The van der Waals surface area contributed by atoms with Gasteiger partial charge in [-0.1, -0.05) is 19.8 Å². The van der Waals surface area contributed by atoms with Crippen molar-refractivity contribution in [2.24, 2.45) is 5.10 Å². The number of hydrogen-bond donors (Lipinski definition) is 3. The van der Waals surface area contributed by atoms with Crippen LogP contribution in [-0.4, -0.2) is 37.0 Å². The van der Waals surface area contributed by atoms with Gasteiger partial charge in [0.2, 0.25) is 0 Å². The zero-order valence-corrected chi connectivity index (χ0v) is 12.9. The maximum atomic E-state index is 11.7. The van der Waals surface area contributed by atoms with Crippen LogP contribution in [0.4, 0.5) is 9.59 Å². The smallest absolute Gasteiger partial charge is 0.408 e. The number of alkyl carbamates (subject to hydrolysis) is 1. The molecular weight excluding hydrogens is 260 g/mol. The largest absolute Gasteiger partial charge is 0.444 e. The van der Waals surface area contributed by atoms with Crippen LogP contribution in [0.1, 0.15) is 47.0 Å². The van der Waals surface area contributed by atoms with E-state index in [0.29, 0.717) is 0 Å². The molecule has 0 aliphatic heterocycles. The summed E-state index contributed by atoms with van der Waals surface area (Å²) < 4.78 is 5.19. The molecule has 0 aliphatic carbocycles. The highest BCUT2D eigenvalue weighted by Crippen LogP contribution is 2.07. The Bertz CT molecular complexity index is 337. The van der Waals surface area contributed by atoms with E-state index < -0.39 is 17.7 Å². The Hall–Kier alpha value is -1.79. The first-order valence-corrected chi connectivity index (χ1v) is 6.79. The van der Waals surface area contributed by atoms with Gasteiger partial charge in [0.15, 0.2) is 0 Å². The minimum absolute atomic E-state index is 0.276. The molecule has 1 atom stereocenters. The highest BCUT2D eigenvalue weighted by molar-refractivity contribution is 5.77. The van der Waals surface area contributed by atoms with Gasteiger partial charge < -0.3 is 15.4 Å². The molecule has 0 rings (SSSR count). The predicted molar refractivity (Wildman–Crippen MR) is 78.8 cm³/mol. The Labute approximate surface area is 120 Å². The molecule has 20 heavy (non-hydrogen) atoms. The summed E-state index contributed by atoms with van der Waals surface area (Å²) in [6.45, 7) is 7.46. The van der Waals surface area contributed by atoms with Gasteiger partial charge in [-0.3, -0.25) is 0 Å². The monoisotopic (exact) mass is 286 g/mol. The fourth-order valence-corrected chi connectivity index (χ4v) is 1.31. The SMILES string of the molecule is CCCC[C@@H](/C=N/NC(=O)NC)NC(=O)OC(C)(C)C. The Morgan fingerprint density at radius 2 is 2.00 bits per heavy atom. The average molecular weight is 286 g/mol. The predicted octanol–water partition coefficient (Wildman–Crippen LogP) is 1.98. The molecule has 0 unspecified atom stereocenters. The van der Waals surface area contributed by atoms with Crippen molar-refractivity contribution in [2.45, 2.75) is 58.6 Å². The molecule has 0 saturated carbocycles. The molecule has 7 nitrogen and oxygen atoms in total. The Kier molecular flexibility index (Phi) is 8.35. The summed E-state index contributed by atoms with van der Waals surface area (Å²) in [6, 6.07) is -0.685. The van der Waals surface area contributed by atoms with Gasteiger partial charge in [0.1, 0.15) is 5.60 Å². The number of carbonyl (C=O) groups excluding carboxylic acids is 2. The maximum absolute atomic E-state index is 11.7. The molecule has 0 aromatic rings. The van der Waals surface area contributed by atoms with E-state index in [1.807, 2.05) is 0 Å². The number of hydrazone groups is 1. The number of urea groups is 1. The minimum Gasteiger partial charge on any atom is -0.444 e. The number of rotatable bonds is 6. The molecule has 0 heterocycles. The first kappa shape index (κ1) is 18.2. The second-order valence-electron chi connectivity index (χ2n) is 5.36. The van der Waals surface area contributed by atoms with E-state index >= 15 is 0 Å². The van der Waals surface area contributed by atoms with Crippen molar-refractivity contribution >= 4 is 18.3 Å². The topological polar surface area (TPSA) is 91.8 Å². The van der Waals surface area contributed by atoms with Crippen molar-refractivity contribution in [3.63, 3.8) is 0 Å². The maximum Gasteiger partial charge on any atom is 0.408 e. The van der Waals surface area contributed by atoms with Crippen LogP contribution in [0.2, 0.25) is 0 Å². The van der Waals surface area contributed by atoms with Crippen molar-refractivity contribution in [1.82, 2.24) is 16.1 Å². The molecular formula is C13H26N4O3. The summed E-state index contributed by atoms with van der Waals surface area (Å²) in [6.07, 6.45) is 3.67. The lowest BCUT2D eigenvalue weighted by molar-refractivity contribution is 0.0517. The zero-order chi connectivity index (χ0) is 15.6. The van der Waals surface area contributed by atoms with Gasteiger partial charge in [-0.05, 0) is 27.2 Å². The molecule has 0 saturated heterocycles. The van der Waals surface area contributed by atoms with Gasteiger partial charge in [0.05, 0.1) is 6.04 Å². The van der Waals surface area contributed by atoms with Crippen LogP contribution >= 0.6 is 0 Å². The third kappa shape index (κ3) is 10.2. The molecule has 0 aliphatic rings. The Balaban J connectivity index is 4.40. The molecule has 0 aromatic heterocycles. The van der Waals surface area contributed by atoms with E-state index in [4.69, 9.17) is 4.74 Å². The van der Waals surface area contributed by atoms with Crippen LogP contribution in [0.25, 0.3) is 0 Å². The third-order valence-electron chi connectivity index (χ3n) is 2.22. The van der Waals surface area contributed by atoms with E-state index in [1.54, 1.807) is 20.8 Å². The molecule has 3 amide bonds. The van der Waals surface area contributed by atoms with E-state index in [0.717, 1.165) is 19.3 Å². The van der Waals surface area contributed by atoms with E-state index in [2.05, 4.69) is 28.1 Å². The van der Waals surface area contributed by atoms with Crippen LogP contribution < -0.4 is 16.1 Å². The zero-order valence-electron chi connectivity index (χ0n) is 12.9. The van der Waals surface area contributed by atoms with Crippen LogP contribution in [0, 0.1) is 0 Å². The van der Waals surface area contributed by atoms with E-state index in [-0.39, 0.29) is 6.04 Å². The van der Waals surface area contributed by atoms with Gasteiger partial charge in [0, 0.05) is 13.3 Å². The summed E-state index contributed by atoms with van der Waals surface area (Å²) in [4.78, 5) is 22.7. The number of ether oxygens (including phenoxy) is 1. The fraction of sp³-hybridized carbons (Fsp3) is 0.769. The van der Waals surface area contributed by atoms with Gasteiger partial charge >= 0.3 is 12.1 Å². The normalized spacial score (nSPS) is 12.8. The second-order valence-corrected chi connectivity index (χ2v) is 5.36. The lowest BCUT2D eigenvalue weighted by Crippen LogP contribution is -2.40. The summed E-state index contributed by atoms with van der Waals surface area (Å²) in [5.41, 5.74) is 1.74. The molecule has 3 N–H and O–H groups in total. The van der Waals surface area contributed by atoms with Crippen molar-refractivity contribution in [1.29, 1.82) is 0 Å². The second kappa shape index (κ2) is 9.17. The molecule has 7 heteroatoms. The summed E-state index contributed by atoms with van der Waals surface area (Å²) in [5, 5.41) is 8.88. The summed E-state index contributed by atoms with van der Waals surface area (Å²) in [7, 11) is 1.50. The van der Waals surface area contributed by atoms with Crippen molar-refractivity contribution in [3.8, 4) is 0 Å². The highest BCUT2D eigenvalue weighted by atomic mass is 16.6. The Morgan fingerprint density at radius 1 is 1.35 bits per heavy atom. The minimum atomic E-state index is -0.545. The lowest BCUT2D eigenvalue weighted by Gasteiger charge is -2.22. The van der Waals surface area contributed by atoms with Gasteiger partial charge in [-0.25, -0.2) is 15.0 Å². The first-order valence-electron chi connectivity index (χ1n) is 6.79. The molecule has 0 radical (unpaired) electrons. The number of amides is 3. The number of hydrogen-bond acceptors (Lipinski definition) is 4. The molecule has 0 spiro atoms. The fourth-order valence-electron chi connectivity index (χ4n) is 1.31. The van der Waals surface area contributed by atoms with Gasteiger partial charge in [0.25, 0.3) is 0 Å². The standard InChI is InChI=1S/C13H26N4O3/c1-6-7-8-10(9-15-17-11(18)14-5)16-12(19)20-13(2,3)4/h9-10H,6-8H2,1-5H3,(H,16,19)(H2,14,17,18)/b15-9+/t10-/m0/s1. The molecule has 116 valence electrons. The van der Waals surface area contributed by atoms with Crippen LogP contribution in [-0.2, 0) is 4.74 Å². The lowest BCUT2D eigenvalue weighted by atomic mass is 10.1. The van der Waals surface area contributed by atoms with E-state index in [1.165, 1.54) is 13.3 Å². The van der Waals surface area contributed by atoms with Crippen molar-refractivity contribution < 1.29 is 14.3 Å². The van der Waals surface area contributed by atoms with Gasteiger partial charge in [-0.15, -0.1) is 0 Å². The highest BCUT2D eigenvalue weighted by Gasteiger charge is 2.18. The summed E-state index contributed by atoms with van der Waals surface area (Å²) in [5.74, 6) is 0. The number of nitrogens with one attached hydrogen (secondary N) is 3. The first-order chi connectivity index (χ1) is 9.28. The Morgan fingerprint density at radius 3 is 2.50 bits per heavy atom. The molecule has 0 aromatic carbocycles. The van der Waals surface area contributed by atoms with Crippen LogP contribution in [0.5, 0.6) is 0 Å². The number of nitrogens with zero attached hydrogens (tertiary/aromatic N) is 1. The summed E-state index contributed by atoms with van der Waals surface area (Å²) >= 11 is 0. The van der Waals surface area contributed by atoms with Gasteiger partial charge in [-0.2, -0.15) is 5.10 Å². The average Bonchev–Trinajstić information content (AvgIpc) is 2.33. The number of unbranched alkanes of at least 4 members (excludes halogenated alkanes) is 1. The van der Waals surface area contributed by atoms with E-state index in [9.17, 15) is 9.59 Å². The van der Waals surface area contributed by atoms with Crippen molar-refractivity contribution in [3.05, 3.63) is 0 Å². The number of carbonyl (C=O) groups is 2. The third-order valence-corrected chi connectivity index (χ3v) is 2.22. The molecule has 0 bridgehead atoms. The van der Waals surface area contributed by atoms with Crippen molar-refractivity contribution in [2.75, 3.05) is 7.05 Å². The van der Waals surface area contributed by atoms with Crippen LogP contribution in [0.15, 0.2) is 5.10 Å². The molecule has 0 fully saturated rings. The quantitative estimate of drug-likeness (QED) is 0.515.